The lowest BCUT2D eigenvalue weighted by molar-refractivity contribution is -0.384. The number of aryl methyl sites for hydroxylation is 1. The Morgan fingerprint density at radius 2 is 2.21 bits per heavy atom. The molecule has 7 heteroatoms. The first-order valence-corrected chi connectivity index (χ1v) is 6.58. The second-order valence-corrected chi connectivity index (χ2v) is 5.47. The van der Waals surface area contributed by atoms with Crippen molar-refractivity contribution in [1.29, 1.82) is 0 Å². The summed E-state index contributed by atoms with van der Waals surface area (Å²) in [6, 6.07) is 0.339. The number of nitro groups is 1. The molecule has 0 radical (unpaired) electrons. The molecule has 19 heavy (non-hydrogen) atoms. The second kappa shape index (κ2) is 5.16. The number of nitrogens with zero attached hydrogens (tertiary/aromatic N) is 4. The van der Waals surface area contributed by atoms with Gasteiger partial charge in [0.15, 0.2) is 0 Å². The number of likely N-dealkylation sites (N-methyl/N-ethyl adjacent to an activating group) is 1. The molecule has 1 N–H and O–H groups in total. The van der Waals surface area contributed by atoms with E-state index < -0.39 is 0 Å². The molecule has 0 aromatic carbocycles. The van der Waals surface area contributed by atoms with Gasteiger partial charge in [0.25, 0.3) is 0 Å². The van der Waals surface area contributed by atoms with Gasteiger partial charge in [0.05, 0.1) is 4.92 Å². The standard InChI is InChI=1S/C12H21N5O2/c1-8(2)16-12(11(17(18)19)9(3)14-16)13-10-5-6-15(4)7-10/h8,10,13H,5-7H2,1-4H3. The molecule has 2 heterocycles. The highest BCUT2D eigenvalue weighted by Crippen LogP contribution is 2.31. The third kappa shape index (κ3) is 2.70. The molecule has 0 spiro atoms. The summed E-state index contributed by atoms with van der Waals surface area (Å²) in [6.07, 6.45) is 0.996. The van der Waals surface area contributed by atoms with Crippen LogP contribution < -0.4 is 5.32 Å². The summed E-state index contributed by atoms with van der Waals surface area (Å²) in [5, 5.41) is 18.8. The molecule has 1 atom stereocenters. The van der Waals surface area contributed by atoms with Crippen LogP contribution in [0, 0.1) is 17.0 Å². The topological polar surface area (TPSA) is 76.2 Å². The van der Waals surface area contributed by atoms with Crippen LogP contribution in [0.4, 0.5) is 11.5 Å². The van der Waals surface area contributed by atoms with E-state index >= 15 is 0 Å². The molecule has 1 fully saturated rings. The third-order valence-electron chi connectivity index (χ3n) is 3.46. The minimum atomic E-state index is -0.345. The van der Waals surface area contributed by atoms with Crippen LogP contribution in [-0.2, 0) is 0 Å². The molecular formula is C12H21N5O2. The summed E-state index contributed by atoms with van der Waals surface area (Å²) in [7, 11) is 2.06. The van der Waals surface area contributed by atoms with Gasteiger partial charge in [0.1, 0.15) is 5.69 Å². The molecule has 2 rings (SSSR count). The maximum atomic E-state index is 11.2. The van der Waals surface area contributed by atoms with Gasteiger partial charge >= 0.3 is 5.69 Å². The Balaban J connectivity index is 2.33. The van der Waals surface area contributed by atoms with E-state index in [4.69, 9.17) is 0 Å². The monoisotopic (exact) mass is 267 g/mol. The second-order valence-electron chi connectivity index (χ2n) is 5.47. The van der Waals surface area contributed by atoms with Crippen molar-refractivity contribution in [3.8, 4) is 0 Å². The van der Waals surface area contributed by atoms with Crippen LogP contribution in [0.3, 0.4) is 0 Å². The van der Waals surface area contributed by atoms with Gasteiger partial charge in [-0.3, -0.25) is 10.1 Å². The zero-order valence-electron chi connectivity index (χ0n) is 11.9. The molecule has 1 saturated heterocycles. The van der Waals surface area contributed by atoms with Crippen molar-refractivity contribution in [2.24, 2.45) is 0 Å². The maximum Gasteiger partial charge on any atom is 0.333 e. The Kier molecular flexibility index (Phi) is 3.75. The number of hydrogen-bond donors (Lipinski definition) is 1. The summed E-state index contributed by atoms with van der Waals surface area (Å²) in [5.41, 5.74) is 0.566. The molecule has 1 aromatic rings. The van der Waals surface area contributed by atoms with Crippen molar-refractivity contribution in [3.05, 3.63) is 15.8 Å². The van der Waals surface area contributed by atoms with E-state index in [2.05, 4.69) is 22.4 Å². The summed E-state index contributed by atoms with van der Waals surface area (Å²) < 4.78 is 1.71. The van der Waals surface area contributed by atoms with Gasteiger partial charge in [0, 0.05) is 18.6 Å². The first-order chi connectivity index (χ1) is 8.90. The number of nitrogens with one attached hydrogen (secondary N) is 1. The molecule has 1 unspecified atom stereocenters. The van der Waals surface area contributed by atoms with E-state index in [1.54, 1.807) is 11.6 Å². The van der Waals surface area contributed by atoms with Crippen molar-refractivity contribution in [3.63, 3.8) is 0 Å². The number of anilines is 1. The van der Waals surface area contributed by atoms with Crippen molar-refractivity contribution in [2.75, 3.05) is 25.5 Å². The summed E-state index contributed by atoms with van der Waals surface area (Å²) >= 11 is 0. The van der Waals surface area contributed by atoms with Crippen LogP contribution in [0.15, 0.2) is 0 Å². The summed E-state index contributed by atoms with van der Waals surface area (Å²) in [5.74, 6) is 0.540. The third-order valence-corrected chi connectivity index (χ3v) is 3.46. The smallest absolute Gasteiger partial charge is 0.333 e. The first-order valence-electron chi connectivity index (χ1n) is 6.58. The van der Waals surface area contributed by atoms with Crippen LogP contribution in [0.5, 0.6) is 0 Å². The van der Waals surface area contributed by atoms with E-state index in [1.807, 2.05) is 13.8 Å². The van der Waals surface area contributed by atoms with E-state index in [0.29, 0.717) is 11.5 Å². The average Bonchev–Trinajstić information content (AvgIpc) is 2.83. The highest BCUT2D eigenvalue weighted by Gasteiger charge is 2.29. The fourth-order valence-corrected chi connectivity index (χ4v) is 2.51. The number of rotatable bonds is 4. The zero-order valence-corrected chi connectivity index (χ0v) is 11.9. The van der Waals surface area contributed by atoms with E-state index in [-0.39, 0.29) is 22.7 Å². The predicted molar refractivity (Wildman–Crippen MR) is 73.5 cm³/mol. The first kappa shape index (κ1) is 13.8. The fourth-order valence-electron chi connectivity index (χ4n) is 2.51. The van der Waals surface area contributed by atoms with Crippen LogP contribution in [0.25, 0.3) is 0 Å². The molecule has 1 aromatic heterocycles. The lowest BCUT2D eigenvalue weighted by atomic mass is 10.2. The largest absolute Gasteiger partial charge is 0.360 e. The lowest BCUT2D eigenvalue weighted by Crippen LogP contribution is -2.25. The minimum Gasteiger partial charge on any atom is -0.360 e. The lowest BCUT2D eigenvalue weighted by Gasteiger charge is -2.16. The average molecular weight is 267 g/mol. The predicted octanol–water partition coefficient (Wildman–Crippen LogP) is 1.80. The van der Waals surface area contributed by atoms with E-state index in [0.717, 1.165) is 19.5 Å². The van der Waals surface area contributed by atoms with Crippen LogP contribution in [0.2, 0.25) is 0 Å². The molecule has 0 aliphatic carbocycles. The Morgan fingerprint density at radius 1 is 1.53 bits per heavy atom. The van der Waals surface area contributed by atoms with Gasteiger partial charge in [0.2, 0.25) is 5.82 Å². The van der Waals surface area contributed by atoms with Crippen molar-refractivity contribution in [1.82, 2.24) is 14.7 Å². The maximum absolute atomic E-state index is 11.2. The van der Waals surface area contributed by atoms with Crippen LogP contribution in [0.1, 0.15) is 32.0 Å². The SMILES string of the molecule is Cc1nn(C(C)C)c(NC2CCN(C)C2)c1[N+](=O)[O-]. The molecule has 0 amide bonds. The number of likely N-dealkylation sites (tertiary alicyclic amines) is 1. The van der Waals surface area contributed by atoms with Crippen LogP contribution in [-0.4, -0.2) is 45.8 Å². The van der Waals surface area contributed by atoms with Gasteiger partial charge in [-0.1, -0.05) is 0 Å². The van der Waals surface area contributed by atoms with Crippen LogP contribution >= 0.6 is 0 Å². The molecule has 0 saturated carbocycles. The Morgan fingerprint density at radius 3 is 2.68 bits per heavy atom. The minimum absolute atomic E-state index is 0.0917. The van der Waals surface area contributed by atoms with E-state index in [9.17, 15) is 10.1 Å². The van der Waals surface area contributed by atoms with Gasteiger partial charge in [-0.05, 0) is 40.8 Å². The van der Waals surface area contributed by atoms with Crippen molar-refractivity contribution in [2.45, 2.75) is 39.3 Å². The molecule has 1 aliphatic heterocycles. The molecule has 7 nitrogen and oxygen atoms in total. The van der Waals surface area contributed by atoms with Gasteiger partial charge in [-0.25, -0.2) is 4.68 Å². The van der Waals surface area contributed by atoms with Gasteiger partial charge in [-0.2, -0.15) is 5.10 Å². The fraction of sp³-hybridized carbons (Fsp3) is 0.750. The zero-order chi connectivity index (χ0) is 14.2. The molecular weight excluding hydrogens is 246 g/mol. The highest BCUT2D eigenvalue weighted by molar-refractivity contribution is 5.60. The van der Waals surface area contributed by atoms with Gasteiger partial charge < -0.3 is 10.2 Å². The molecule has 1 aliphatic rings. The number of aromatic nitrogens is 2. The normalized spacial score (nSPS) is 20.2. The number of hydrogen-bond acceptors (Lipinski definition) is 5. The Bertz CT molecular complexity index is 483. The van der Waals surface area contributed by atoms with Crippen molar-refractivity contribution < 1.29 is 4.92 Å². The summed E-state index contributed by atoms with van der Waals surface area (Å²) in [4.78, 5) is 13.1. The van der Waals surface area contributed by atoms with E-state index in [1.165, 1.54) is 0 Å². The molecule has 0 bridgehead atoms. The summed E-state index contributed by atoms with van der Waals surface area (Å²) in [6.45, 7) is 7.55. The van der Waals surface area contributed by atoms with Crippen molar-refractivity contribution >= 4 is 11.5 Å². The Labute approximate surface area is 112 Å². The highest BCUT2D eigenvalue weighted by atomic mass is 16.6. The Hall–Kier alpha value is -1.63. The quantitative estimate of drug-likeness (QED) is 0.665. The molecule has 106 valence electrons. The van der Waals surface area contributed by atoms with Gasteiger partial charge in [-0.15, -0.1) is 0 Å².